The highest BCUT2D eigenvalue weighted by Gasteiger charge is 1.97. The maximum Gasteiger partial charge on any atom is 0.188 e. The lowest BCUT2D eigenvalue weighted by molar-refractivity contribution is 0.319. The number of hydrogen-bond acceptors (Lipinski definition) is 2. The Morgan fingerprint density at radius 1 is 1.43 bits per heavy atom. The van der Waals surface area contributed by atoms with Crippen molar-refractivity contribution in [3.63, 3.8) is 0 Å². The molecule has 76 valence electrons. The lowest BCUT2D eigenvalue weighted by Gasteiger charge is -2.04. The SMILES string of the molecule is CCO/C(CC)=N\c1cccc(Cl)c1. The van der Waals surface area contributed by atoms with E-state index in [9.17, 15) is 0 Å². The lowest BCUT2D eigenvalue weighted by atomic mass is 10.3. The highest BCUT2D eigenvalue weighted by Crippen LogP contribution is 2.18. The van der Waals surface area contributed by atoms with Crippen LogP contribution in [0.1, 0.15) is 20.3 Å². The number of benzene rings is 1. The molecule has 0 spiro atoms. The zero-order valence-electron chi connectivity index (χ0n) is 8.46. The minimum Gasteiger partial charge on any atom is -0.481 e. The second-order valence-electron chi connectivity index (χ2n) is 2.77. The first-order valence-electron chi connectivity index (χ1n) is 4.72. The van der Waals surface area contributed by atoms with Crippen LogP contribution in [0.3, 0.4) is 0 Å². The summed E-state index contributed by atoms with van der Waals surface area (Å²) in [5, 5.41) is 0.693. The van der Waals surface area contributed by atoms with Crippen LogP contribution in [0.2, 0.25) is 5.02 Å². The molecule has 1 aromatic rings. The maximum absolute atomic E-state index is 5.84. The quantitative estimate of drug-likeness (QED) is 0.550. The summed E-state index contributed by atoms with van der Waals surface area (Å²) in [6.45, 7) is 4.61. The first-order valence-corrected chi connectivity index (χ1v) is 5.10. The number of ether oxygens (including phenoxy) is 1. The Hall–Kier alpha value is -1.02. The van der Waals surface area contributed by atoms with Crippen molar-refractivity contribution in [1.82, 2.24) is 0 Å². The van der Waals surface area contributed by atoms with Gasteiger partial charge in [0.25, 0.3) is 0 Å². The standard InChI is InChI=1S/C11H14ClNO/c1-3-11(14-4-2)13-10-7-5-6-9(12)8-10/h5-8H,3-4H2,1-2H3/b13-11-. The first kappa shape index (κ1) is 11.1. The van der Waals surface area contributed by atoms with Gasteiger partial charge in [-0.3, -0.25) is 0 Å². The number of halogens is 1. The molecule has 0 heterocycles. The monoisotopic (exact) mass is 211 g/mol. The van der Waals surface area contributed by atoms with Gasteiger partial charge in [-0.15, -0.1) is 0 Å². The fourth-order valence-corrected chi connectivity index (χ4v) is 1.25. The van der Waals surface area contributed by atoms with Gasteiger partial charge >= 0.3 is 0 Å². The average Bonchev–Trinajstić information content (AvgIpc) is 2.17. The molecule has 1 aromatic carbocycles. The Bertz CT molecular complexity index is 323. The van der Waals surface area contributed by atoms with Gasteiger partial charge in [-0.25, -0.2) is 4.99 Å². The summed E-state index contributed by atoms with van der Waals surface area (Å²) < 4.78 is 5.34. The Balaban J connectivity index is 2.83. The molecule has 2 nitrogen and oxygen atoms in total. The van der Waals surface area contributed by atoms with Crippen molar-refractivity contribution in [2.45, 2.75) is 20.3 Å². The largest absolute Gasteiger partial charge is 0.481 e. The first-order chi connectivity index (χ1) is 6.76. The van der Waals surface area contributed by atoms with E-state index >= 15 is 0 Å². The van der Waals surface area contributed by atoms with Crippen molar-refractivity contribution >= 4 is 23.2 Å². The molecule has 0 aliphatic rings. The molecule has 0 aliphatic carbocycles. The Morgan fingerprint density at radius 2 is 2.21 bits per heavy atom. The predicted octanol–water partition coefficient (Wildman–Crippen LogP) is 3.82. The summed E-state index contributed by atoms with van der Waals surface area (Å²) in [4.78, 5) is 4.34. The fraction of sp³-hybridized carbons (Fsp3) is 0.364. The molecule has 0 saturated heterocycles. The van der Waals surface area contributed by atoms with Crippen LogP contribution in [0.25, 0.3) is 0 Å². The molecule has 0 bridgehead atoms. The zero-order valence-corrected chi connectivity index (χ0v) is 9.21. The molecule has 0 unspecified atom stereocenters. The predicted molar refractivity (Wildman–Crippen MR) is 60.5 cm³/mol. The van der Waals surface area contributed by atoms with Gasteiger partial charge in [0.1, 0.15) is 0 Å². The van der Waals surface area contributed by atoms with Gasteiger partial charge in [-0.2, -0.15) is 0 Å². The molecule has 0 aromatic heterocycles. The minimum atomic E-state index is 0.646. The highest BCUT2D eigenvalue weighted by atomic mass is 35.5. The van der Waals surface area contributed by atoms with E-state index in [1.165, 1.54) is 0 Å². The Labute approximate surface area is 89.6 Å². The number of hydrogen-bond donors (Lipinski definition) is 0. The molecule has 0 fully saturated rings. The normalized spacial score (nSPS) is 11.5. The number of rotatable bonds is 3. The Kier molecular flexibility index (Phi) is 4.47. The fourth-order valence-electron chi connectivity index (χ4n) is 1.07. The van der Waals surface area contributed by atoms with E-state index < -0.39 is 0 Å². The van der Waals surface area contributed by atoms with Crippen molar-refractivity contribution in [2.75, 3.05) is 6.61 Å². The van der Waals surface area contributed by atoms with E-state index in [0.29, 0.717) is 11.6 Å². The summed E-state index contributed by atoms with van der Waals surface area (Å²) in [7, 11) is 0. The van der Waals surface area contributed by atoms with Crippen LogP contribution in [0.5, 0.6) is 0 Å². The summed E-state index contributed by atoms with van der Waals surface area (Å²) in [5.41, 5.74) is 0.836. The van der Waals surface area contributed by atoms with Crippen molar-refractivity contribution in [3.05, 3.63) is 29.3 Å². The smallest absolute Gasteiger partial charge is 0.188 e. The van der Waals surface area contributed by atoms with E-state index in [4.69, 9.17) is 16.3 Å². The Morgan fingerprint density at radius 3 is 2.79 bits per heavy atom. The highest BCUT2D eigenvalue weighted by molar-refractivity contribution is 6.30. The molecular formula is C11H14ClNO. The van der Waals surface area contributed by atoms with Crippen LogP contribution < -0.4 is 0 Å². The molecule has 0 radical (unpaired) electrons. The van der Waals surface area contributed by atoms with E-state index in [1.54, 1.807) is 0 Å². The van der Waals surface area contributed by atoms with E-state index in [0.717, 1.165) is 18.0 Å². The third-order valence-electron chi connectivity index (χ3n) is 1.68. The summed E-state index contributed by atoms with van der Waals surface area (Å²) in [6.07, 6.45) is 0.792. The third kappa shape index (κ3) is 3.38. The van der Waals surface area contributed by atoms with Crippen LogP contribution in [0.4, 0.5) is 5.69 Å². The molecule has 3 heteroatoms. The minimum absolute atomic E-state index is 0.646. The number of nitrogens with zero attached hydrogens (tertiary/aromatic N) is 1. The van der Waals surface area contributed by atoms with Gasteiger partial charge in [0.15, 0.2) is 5.90 Å². The molecule has 14 heavy (non-hydrogen) atoms. The van der Waals surface area contributed by atoms with Crippen LogP contribution in [-0.2, 0) is 4.74 Å². The second-order valence-corrected chi connectivity index (χ2v) is 3.21. The summed E-state index contributed by atoms with van der Waals surface area (Å²) in [6, 6.07) is 7.42. The van der Waals surface area contributed by atoms with Crippen LogP contribution in [0.15, 0.2) is 29.3 Å². The van der Waals surface area contributed by atoms with Crippen LogP contribution in [-0.4, -0.2) is 12.5 Å². The van der Waals surface area contributed by atoms with E-state index in [1.807, 2.05) is 38.1 Å². The van der Waals surface area contributed by atoms with Crippen LogP contribution >= 0.6 is 11.6 Å². The second kappa shape index (κ2) is 5.66. The summed E-state index contributed by atoms with van der Waals surface area (Å²) in [5.74, 6) is 0.745. The van der Waals surface area contributed by atoms with Crippen molar-refractivity contribution in [1.29, 1.82) is 0 Å². The van der Waals surface area contributed by atoms with Crippen molar-refractivity contribution in [3.8, 4) is 0 Å². The molecule has 1 rings (SSSR count). The van der Waals surface area contributed by atoms with Crippen molar-refractivity contribution in [2.24, 2.45) is 4.99 Å². The lowest BCUT2D eigenvalue weighted by Crippen LogP contribution is -2.01. The molecule has 0 aliphatic heterocycles. The van der Waals surface area contributed by atoms with Gasteiger partial charge in [0.05, 0.1) is 12.3 Å². The number of aliphatic imine (C=N–C) groups is 1. The molecular weight excluding hydrogens is 198 g/mol. The zero-order chi connectivity index (χ0) is 10.4. The van der Waals surface area contributed by atoms with Gasteiger partial charge < -0.3 is 4.74 Å². The summed E-state index contributed by atoms with van der Waals surface area (Å²) >= 11 is 5.84. The topological polar surface area (TPSA) is 21.6 Å². The molecule has 0 atom stereocenters. The van der Waals surface area contributed by atoms with E-state index in [2.05, 4.69) is 4.99 Å². The van der Waals surface area contributed by atoms with Crippen molar-refractivity contribution < 1.29 is 4.74 Å². The third-order valence-corrected chi connectivity index (χ3v) is 1.91. The molecule has 0 amide bonds. The molecule has 0 N–H and O–H groups in total. The van der Waals surface area contributed by atoms with Gasteiger partial charge in [0, 0.05) is 11.4 Å². The maximum atomic E-state index is 5.84. The van der Waals surface area contributed by atoms with E-state index in [-0.39, 0.29) is 0 Å². The molecule has 0 saturated carbocycles. The van der Waals surface area contributed by atoms with Crippen LogP contribution in [0, 0.1) is 0 Å². The van der Waals surface area contributed by atoms with Gasteiger partial charge in [0.2, 0.25) is 0 Å². The average molecular weight is 212 g/mol. The van der Waals surface area contributed by atoms with Gasteiger partial charge in [-0.1, -0.05) is 24.6 Å². The van der Waals surface area contributed by atoms with Gasteiger partial charge in [-0.05, 0) is 25.1 Å².